The number of carbonyl (C=O) groups is 2. The fraction of sp³-hybridized carbons (Fsp3) is 0.391. The van der Waals surface area contributed by atoms with Crippen molar-refractivity contribution in [2.45, 2.75) is 19.9 Å². The molecule has 3 rings (SSSR count). The van der Waals surface area contributed by atoms with E-state index in [1.54, 1.807) is 25.1 Å². The number of nitrogens with zero attached hydrogens (tertiary/aromatic N) is 2. The summed E-state index contributed by atoms with van der Waals surface area (Å²) in [5.41, 5.74) is 2.90. The van der Waals surface area contributed by atoms with Crippen LogP contribution >= 0.6 is 0 Å². The van der Waals surface area contributed by atoms with E-state index in [9.17, 15) is 9.59 Å². The van der Waals surface area contributed by atoms with Crippen molar-refractivity contribution in [1.82, 2.24) is 9.80 Å². The second-order valence-corrected chi connectivity index (χ2v) is 7.55. The first-order chi connectivity index (χ1) is 14.5. The Morgan fingerprint density at radius 2 is 1.70 bits per heavy atom. The van der Waals surface area contributed by atoms with Crippen LogP contribution in [-0.4, -0.2) is 62.0 Å². The number of ether oxygens (including phenoxy) is 1. The molecule has 0 radical (unpaired) electrons. The van der Waals surface area contributed by atoms with E-state index in [-0.39, 0.29) is 11.8 Å². The minimum absolute atomic E-state index is 0.137. The van der Waals surface area contributed by atoms with E-state index in [0.29, 0.717) is 23.4 Å². The Balaban J connectivity index is 1.62. The Hall–Kier alpha value is -2.90. The maximum atomic E-state index is 12.7. The first-order valence-electron chi connectivity index (χ1n) is 10.3. The lowest BCUT2D eigenvalue weighted by Crippen LogP contribution is -2.43. The highest BCUT2D eigenvalue weighted by molar-refractivity contribution is 6.05. The third-order valence-electron chi connectivity index (χ3n) is 5.27. The quantitative estimate of drug-likeness (QED) is 0.734. The normalized spacial score (nSPS) is 14.9. The predicted octanol–water partition coefficient (Wildman–Crippen LogP) is 3.04. The number of methoxy groups -OCH3 is 1. The molecule has 0 aromatic heterocycles. The van der Waals surface area contributed by atoms with Gasteiger partial charge in [0.25, 0.3) is 5.91 Å². The molecule has 30 heavy (non-hydrogen) atoms. The zero-order valence-corrected chi connectivity index (χ0v) is 17.9. The van der Waals surface area contributed by atoms with Crippen LogP contribution in [0.1, 0.15) is 29.3 Å². The van der Waals surface area contributed by atoms with Gasteiger partial charge >= 0.3 is 0 Å². The molecule has 2 aromatic carbocycles. The third kappa shape index (κ3) is 5.81. The van der Waals surface area contributed by atoms with E-state index < -0.39 is 0 Å². The topological polar surface area (TPSA) is 73.9 Å². The van der Waals surface area contributed by atoms with Gasteiger partial charge in [-0.05, 0) is 42.9 Å². The molecule has 1 aliphatic rings. The van der Waals surface area contributed by atoms with Gasteiger partial charge in [0.2, 0.25) is 5.91 Å². The van der Waals surface area contributed by atoms with Crippen molar-refractivity contribution in [1.29, 1.82) is 0 Å². The zero-order valence-electron chi connectivity index (χ0n) is 17.9. The Bertz CT molecular complexity index is 875. The summed E-state index contributed by atoms with van der Waals surface area (Å²) in [5.74, 6) is 0.139. The molecule has 7 nitrogen and oxygen atoms in total. The number of carbonyl (C=O) groups excluding carboxylic acids is 2. The highest BCUT2D eigenvalue weighted by Crippen LogP contribution is 2.26. The predicted molar refractivity (Wildman–Crippen MR) is 119 cm³/mol. The van der Waals surface area contributed by atoms with Crippen LogP contribution < -0.4 is 15.4 Å². The van der Waals surface area contributed by atoms with E-state index in [1.807, 2.05) is 12.1 Å². The van der Waals surface area contributed by atoms with Crippen molar-refractivity contribution >= 4 is 23.2 Å². The highest BCUT2D eigenvalue weighted by atomic mass is 16.5. The Kier molecular flexibility index (Phi) is 7.43. The fourth-order valence-corrected chi connectivity index (χ4v) is 3.35. The van der Waals surface area contributed by atoms with Crippen molar-refractivity contribution in [3.8, 4) is 5.75 Å². The van der Waals surface area contributed by atoms with Gasteiger partial charge in [-0.15, -0.1) is 0 Å². The molecule has 1 fully saturated rings. The molecule has 1 aliphatic heterocycles. The molecule has 2 aromatic rings. The van der Waals surface area contributed by atoms with Gasteiger partial charge in [-0.25, -0.2) is 0 Å². The molecule has 160 valence electrons. The smallest absolute Gasteiger partial charge is 0.255 e. The molecular formula is C23H30N4O3. The molecule has 7 heteroatoms. The lowest BCUT2D eigenvalue weighted by molar-refractivity contribution is -0.115. The number of likely N-dealkylation sites (N-methyl/N-ethyl adjacent to an activating group) is 1. The monoisotopic (exact) mass is 410 g/mol. The largest absolute Gasteiger partial charge is 0.495 e. The number of hydrogen-bond acceptors (Lipinski definition) is 5. The van der Waals surface area contributed by atoms with Crippen molar-refractivity contribution in [3.63, 3.8) is 0 Å². The summed E-state index contributed by atoms with van der Waals surface area (Å²) in [5, 5.41) is 5.68. The Labute approximate surface area is 178 Å². The van der Waals surface area contributed by atoms with Gasteiger partial charge in [0.15, 0.2) is 0 Å². The standard InChI is InChI=1S/C23H30N4O3/c1-4-22(28)25-20-15-18(7-10-21(20)30-3)23(29)24-19-8-5-17(6-9-19)16-27-13-11-26(2)12-14-27/h5-10,15H,4,11-14,16H2,1-3H3,(H,24,29)(H,25,28). The number of piperazine rings is 1. The Morgan fingerprint density at radius 1 is 1.00 bits per heavy atom. The average Bonchev–Trinajstić information content (AvgIpc) is 2.76. The number of benzene rings is 2. The molecule has 1 heterocycles. The van der Waals surface area contributed by atoms with Crippen molar-refractivity contribution < 1.29 is 14.3 Å². The average molecular weight is 411 g/mol. The number of nitrogens with one attached hydrogen (secondary N) is 2. The van der Waals surface area contributed by atoms with Crippen LogP contribution in [0.25, 0.3) is 0 Å². The second kappa shape index (κ2) is 10.2. The SMILES string of the molecule is CCC(=O)Nc1cc(C(=O)Nc2ccc(CN3CCN(C)CC3)cc2)ccc1OC. The van der Waals surface area contributed by atoms with Gasteiger partial charge in [-0.3, -0.25) is 14.5 Å². The summed E-state index contributed by atoms with van der Waals surface area (Å²) in [7, 11) is 3.68. The molecule has 0 aliphatic carbocycles. The molecule has 2 amide bonds. The fourth-order valence-electron chi connectivity index (χ4n) is 3.35. The van der Waals surface area contributed by atoms with Crippen LogP contribution in [0.5, 0.6) is 5.75 Å². The molecular weight excluding hydrogens is 380 g/mol. The van der Waals surface area contributed by atoms with Gasteiger partial charge in [0.1, 0.15) is 5.75 Å². The van der Waals surface area contributed by atoms with Crippen molar-refractivity contribution in [3.05, 3.63) is 53.6 Å². The lowest BCUT2D eigenvalue weighted by atomic mass is 10.1. The van der Waals surface area contributed by atoms with E-state index in [2.05, 4.69) is 39.6 Å². The summed E-state index contributed by atoms with van der Waals surface area (Å²) in [6.45, 7) is 7.02. The molecule has 0 bridgehead atoms. The second-order valence-electron chi connectivity index (χ2n) is 7.55. The molecule has 0 unspecified atom stereocenters. The zero-order chi connectivity index (χ0) is 21.5. The number of anilines is 2. The number of amides is 2. The van der Waals surface area contributed by atoms with Crippen LogP contribution in [0.4, 0.5) is 11.4 Å². The summed E-state index contributed by atoms with van der Waals surface area (Å²) in [6.07, 6.45) is 0.347. The summed E-state index contributed by atoms with van der Waals surface area (Å²) in [4.78, 5) is 29.2. The number of rotatable bonds is 7. The third-order valence-corrected chi connectivity index (χ3v) is 5.27. The van der Waals surface area contributed by atoms with Crippen molar-refractivity contribution in [2.24, 2.45) is 0 Å². The van der Waals surface area contributed by atoms with E-state index in [1.165, 1.54) is 12.7 Å². The van der Waals surface area contributed by atoms with Crippen LogP contribution in [0, 0.1) is 0 Å². The minimum atomic E-state index is -0.239. The molecule has 2 N–H and O–H groups in total. The molecule has 1 saturated heterocycles. The molecule has 0 saturated carbocycles. The number of hydrogen-bond donors (Lipinski definition) is 2. The van der Waals surface area contributed by atoms with Crippen LogP contribution in [-0.2, 0) is 11.3 Å². The Morgan fingerprint density at radius 3 is 2.33 bits per heavy atom. The highest BCUT2D eigenvalue weighted by Gasteiger charge is 2.15. The van der Waals surface area contributed by atoms with E-state index >= 15 is 0 Å². The van der Waals surface area contributed by atoms with Crippen LogP contribution in [0.3, 0.4) is 0 Å². The van der Waals surface area contributed by atoms with Gasteiger partial charge in [-0.1, -0.05) is 19.1 Å². The minimum Gasteiger partial charge on any atom is -0.495 e. The summed E-state index contributed by atoms with van der Waals surface area (Å²) < 4.78 is 5.27. The maximum Gasteiger partial charge on any atom is 0.255 e. The summed E-state index contributed by atoms with van der Waals surface area (Å²) >= 11 is 0. The first kappa shape index (κ1) is 21.8. The molecule has 0 atom stereocenters. The van der Waals surface area contributed by atoms with Crippen LogP contribution in [0.15, 0.2) is 42.5 Å². The van der Waals surface area contributed by atoms with Crippen molar-refractivity contribution in [2.75, 3.05) is 51.0 Å². The summed E-state index contributed by atoms with van der Waals surface area (Å²) in [6, 6.07) is 12.9. The van der Waals surface area contributed by atoms with Gasteiger partial charge in [0.05, 0.1) is 12.8 Å². The van der Waals surface area contributed by atoms with Gasteiger partial charge in [-0.2, -0.15) is 0 Å². The lowest BCUT2D eigenvalue weighted by Gasteiger charge is -2.32. The van der Waals surface area contributed by atoms with Gasteiger partial charge in [0, 0.05) is 50.4 Å². The maximum absolute atomic E-state index is 12.7. The first-order valence-corrected chi connectivity index (χ1v) is 10.3. The van der Waals surface area contributed by atoms with Crippen LogP contribution in [0.2, 0.25) is 0 Å². The van der Waals surface area contributed by atoms with E-state index in [0.717, 1.165) is 38.4 Å². The van der Waals surface area contributed by atoms with E-state index in [4.69, 9.17) is 4.74 Å². The van der Waals surface area contributed by atoms with Gasteiger partial charge < -0.3 is 20.3 Å². The molecule has 0 spiro atoms.